The van der Waals surface area contributed by atoms with Crippen molar-refractivity contribution < 1.29 is 17.9 Å². The molecule has 18 heavy (non-hydrogen) atoms. The highest BCUT2D eigenvalue weighted by Gasteiger charge is 2.28. The van der Waals surface area contributed by atoms with Crippen LogP contribution in [0.4, 0.5) is 4.39 Å². The maximum absolute atomic E-state index is 12.9. The Morgan fingerprint density at radius 3 is 2.67 bits per heavy atom. The fraction of sp³-hybridized carbons (Fsp3) is 0.455. The molecule has 0 amide bonds. The van der Waals surface area contributed by atoms with Gasteiger partial charge in [-0.15, -0.1) is 0 Å². The van der Waals surface area contributed by atoms with Crippen molar-refractivity contribution in [2.24, 2.45) is 5.92 Å². The summed E-state index contributed by atoms with van der Waals surface area (Å²) in [4.78, 5) is 0.0174. The van der Waals surface area contributed by atoms with Gasteiger partial charge >= 0.3 is 0 Å². The Hall–Kier alpha value is -0.500. The second kappa shape index (κ2) is 5.24. The zero-order chi connectivity index (χ0) is 13.3. The number of aliphatic hydroxyl groups excluding tert-OH is 1. The molecule has 0 unspecified atom stereocenters. The molecule has 1 saturated carbocycles. The van der Waals surface area contributed by atoms with Gasteiger partial charge in [-0.1, -0.05) is 0 Å². The van der Waals surface area contributed by atoms with Gasteiger partial charge in [0.1, 0.15) is 5.82 Å². The van der Waals surface area contributed by atoms with Crippen LogP contribution >= 0.6 is 15.9 Å². The molecular weight excluding hydrogens is 325 g/mol. The lowest BCUT2D eigenvalue weighted by atomic mass is 9.83. The van der Waals surface area contributed by atoms with Crippen molar-refractivity contribution in [3.05, 3.63) is 28.5 Å². The number of nitrogens with one attached hydrogen (secondary N) is 1. The van der Waals surface area contributed by atoms with Crippen molar-refractivity contribution in [1.82, 2.24) is 4.72 Å². The van der Waals surface area contributed by atoms with E-state index in [1.165, 1.54) is 6.07 Å². The Morgan fingerprint density at radius 1 is 1.44 bits per heavy atom. The summed E-state index contributed by atoms with van der Waals surface area (Å²) < 4.78 is 39.5. The second-order valence-electron chi connectivity index (χ2n) is 4.42. The molecule has 0 atom stereocenters. The first-order valence-corrected chi connectivity index (χ1v) is 7.79. The van der Waals surface area contributed by atoms with E-state index in [0.717, 1.165) is 12.1 Å². The molecule has 100 valence electrons. The molecule has 2 N–H and O–H groups in total. The Bertz CT molecular complexity index is 543. The molecule has 1 aliphatic carbocycles. The highest BCUT2D eigenvalue weighted by atomic mass is 79.9. The fourth-order valence-electron chi connectivity index (χ4n) is 1.87. The molecule has 1 fully saturated rings. The van der Waals surface area contributed by atoms with Gasteiger partial charge in [-0.2, -0.15) is 0 Å². The summed E-state index contributed by atoms with van der Waals surface area (Å²) in [6.45, 7) is 0.295. The number of hydrogen-bond donors (Lipinski definition) is 2. The van der Waals surface area contributed by atoms with E-state index in [1.807, 2.05) is 0 Å². The molecule has 0 saturated heterocycles. The van der Waals surface area contributed by atoms with E-state index in [0.29, 0.717) is 19.4 Å². The molecule has 0 aromatic heterocycles. The lowest BCUT2D eigenvalue weighted by Crippen LogP contribution is -2.38. The number of rotatable bonds is 4. The van der Waals surface area contributed by atoms with Crippen LogP contribution in [0.25, 0.3) is 0 Å². The standard InChI is InChI=1S/C11H13BrFNO3S/c12-10-5-8(13)1-2-11(10)18(16,17)14-6-7-3-9(15)4-7/h1-2,5,7,9,14-15H,3-4,6H2. The first kappa shape index (κ1) is 13.9. The molecule has 0 radical (unpaired) electrons. The van der Waals surface area contributed by atoms with E-state index in [1.54, 1.807) is 0 Å². The maximum atomic E-state index is 12.9. The first-order valence-electron chi connectivity index (χ1n) is 5.51. The van der Waals surface area contributed by atoms with Crippen LogP contribution in [0, 0.1) is 11.7 Å². The molecule has 0 bridgehead atoms. The van der Waals surface area contributed by atoms with Crippen LogP contribution in [0.5, 0.6) is 0 Å². The van der Waals surface area contributed by atoms with E-state index < -0.39 is 15.8 Å². The van der Waals surface area contributed by atoms with E-state index in [9.17, 15) is 12.8 Å². The van der Waals surface area contributed by atoms with Gasteiger partial charge in [0.2, 0.25) is 10.0 Å². The van der Waals surface area contributed by atoms with Gasteiger partial charge in [0, 0.05) is 11.0 Å². The third-order valence-electron chi connectivity index (χ3n) is 2.96. The van der Waals surface area contributed by atoms with Gasteiger partial charge in [-0.25, -0.2) is 17.5 Å². The number of aliphatic hydroxyl groups is 1. The lowest BCUT2D eigenvalue weighted by Gasteiger charge is -2.31. The second-order valence-corrected chi connectivity index (χ2v) is 7.01. The van der Waals surface area contributed by atoms with Gasteiger partial charge in [-0.3, -0.25) is 0 Å². The minimum absolute atomic E-state index is 0.0174. The van der Waals surface area contributed by atoms with Crippen molar-refractivity contribution in [2.75, 3.05) is 6.54 Å². The highest BCUT2D eigenvalue weighted by molar-refractivity contribution is 9.10. The number of hydrogen-bond acceptors (Lipinski definition) is 3. The van der Waals surface area contributed by atoms with Crippen molar-refractivity contribution in [1.29, 1.82) is 0 Å². The van der Waals surface area contributed by atoms with Gasteiger partial charge in [0.25, 0.3) is 0 Å². The van der Waals surface area contributed by atoms with E-state index in [-0.39, 0.29) is 21.4 Å². The number of benzene rings is 1. The molecule has 0 heterocycles. The molecule has 1 aliphatic rings. The quantitative estimate of drug-likeness (QED) is 0.877. The summed E-state index contributed by atoms with van der Waals surface area (Å²) in [6.07, 6.45) is 0.928. The molecule has 4 nitrogen and oxygen atoms in total. The lowest BCUT2D eigenvalue weighted by molar-refractivity contribution is 0.0453. The minimum atomic E-state index is -3.64. The Balaban J connectivity index is 2.06. The van der Waals surface area contributed by atoms with Crippen molar-refractivity contribution >= 4 is 26.0 Å². The summed E-state index contributed by atoms with van der Waals surface area (Å²) in [6, 6.07) is 3.44. The normalized spacial score (nSPS) is 23.7. The monoisotopic (exact) mass is 337 g/mol. The summed E-state index contributed by atoms with van der Waals surface area (Å²) in [5, 5.41) is 9.11. The number of halogens is 2. The smallest absolute Gasteiger partial charge is 0.241 e. The van der Waals surface area contributed by atoms with Crippen LogP contribution in [0.15, 0.2) is 27.6 Å². The SMILES string of the molecule is O=S(=O)(NCC1CC(O)C1)c1ccc(F)cc1Br. The van der Waals surface area contributed by atoms with Crippen LogP contribution in [0.1, 0.15) is 12.8 Å². The fourth-order valence-corrected chi connectivity index (χ4v) is 4.03. The Labute approximate surface area is 113 Å². The zero-order valence-corrected chi connectivity index (χ0v) is 11.8. The van der Waals surface area contributed by atoms with E-state index in [4.69, 9.17) is 5.11 Å². The van der Waals surface area contributed by atoms with Crippen molar-refractivity contribution in [3.8, 4) is 0 Å². The Morgan fingerprint density at radius 2 is 2.11 bits per heavy atom. The topological polar surface area (TPSA) is 66.4 Å². The summed E-state index contributed by atoms with van der Waals surface area (Å²) >= 11 is 3.03. The van der Waals surface area contributed by atoms with E-state index >= 15 is 0 Å². The Kier molecular flexibility index (Phi) is 4.05. The van der Waals surface area contributed by atoms with Gasteiger partial charge in [0.05, 0.1) is 11.0 Å². The van der Waals surface area contributed by atoms with Crippen LogP contribution in [-0.4, -0.2) is 26.2 Å². The first-order chi connectivity index (χ1) is 8.38. The predicted molar refractivity (Wildman–Crippen MR) is 68.0 cm³/mol. The van der Waals surface area contributed by atoms with Gasteiger partial charge in [0.15, 0.2) is 0 Å². The van der Waals surface area contributed by atoms with E-state index in [2.05, 4.69) is 20.7 Å². The van der Waals surface area contributed by atoms with Gasteiger partial charge < -0.3 is 5.11 Å². The zero-order valence-electron chi connectivity index (χ0n) is 9.44. The molecule has 0 spiro atoms. The maximum Gasteiger partial charge on any atom is 0.241 e. The largest absolute Gasteiger partial charge is 0.393 e. The molecule has 1 aromatic carbocycles. The predicted octanol–water partition coefficient (Wildman–Crippen LogP) is 1.64. The molecule has 1 aromatic rings. The average molecular weight is 338 g/mol. The van der Waals surface area contributed by atoms with Gasteiger partial charge in [-0.05, 0) is 52.9 Å². The van der Waals surface area contributed by atoms with Crippen LogP contribution in [0.3, 0.4) is 0 Å². The third kappa shape index (κ3) is 3.09. The summed E-state index contributed by atoms with van der Waals surface area (Å²) in [5.74, 6) is -0.322. The molecular formula is C11H13BrFNO3S. The van der Waals surface area contributed by atoms with Crippen molar-refractivity contribution in [3.63, 3.8) is 0 Å². The van der Waals surface area contributed by atoms with Crippen LogP contribution in [0.2, 0.25) is 0 Å². The highest BCUT2D eigenvalue weighted by Crippen LogP contribution is 2.27. The van der Waals surface area contributed by atoms with Crippen LogP contribution < -0.4 is 4.72 Å². The van der Waals surface area contributed by atoms with Crippen LogP contribution in [-0.2, 0) is 10.0 Å². The third-order valence-corrected chi connectivity index (χ3v) is 5.36. The number of sulfonamides is 1. The molecule has 7 heteroatoms. The van der Waals surface area contributed by atoms with Crippen molar-refractivity contribution in [2.45, 2.75) is 23.8 Å². The summed E-state index contributed by atoms with van der Waals surface area (Å²) in [5.41, 5.74) is 0. The summed E-state index contributed by atoms with van der Waals surface area (Å²) in [7, 11) is -3.64. The minimum Gasteiger partial charge on any atom is -0.393 e. The molecule has 2 rings (SSSR count). The molecule has 0 aliphatic heterocycles. The average Bonchev–Trinajstić information content (AvgIpc) is 2.22.